The molecule has 1 heterocycles. The molecule has 24 heavy (non-hydrogen) atoms. The lowest BCUT2D eigenvalue weighted by molar-refractivity contribution is -0.115. The van der Waals surface area contributed by atoms with E-state index in [4.69, 9.17) is 10.5 Å². The Hall–Kier alpha value is -2.53. The van der Waals surface area contributed by atoms with Crippen molar-refractivity contribution >= 4 is 23.0 Å². The van der Waals surface area contributed by atoms with Crippen LogP contribution in [0.15, 0.2) is 42.5 Å². The van der Waals surface area contributed by atoms with E-state index in [1.165, 1.54) is 0 Å². The van der Waals surface area contributed by atoms with Crippen LogP contribution in [-0.2, 0) is 16.0 Å². The Labute approximate surface area is 142 Å². The summed E-state index contributed by atoms with van der Waals surface area (Å²) in [6, 6.07) is 13.6. The highest BCUT2D eigenvalue weighted by Crippen LogP contribution is 2.30. The van der Waals surface area contributed by atoms with Crippen molar-refractivity contribution in [2.45, 2.75) is 13.3 Å². The molecule has 0 bridgehead atoms. The zero-order valence-electron chi connectivity index (χ0n) is 13.9. The van der Waals surface area contributed by atoms with Crippen LogP contribution >= 0.6 is 0 Å². The molecule has 3 rings (SSSR count). The molecule has 0 spiro atoms. The molecule has 1 amide bonds. The maximum Gasteiger partial charge on any atom is 0.228 e. The van der Waals surface area contributed by atoms with Crippen LogP contribution in [-0.4, -0.2) is 32.2 Å². The number of morpholine rings is 1. The highest BCUT2D eigenvalue weighted by Gasteiger charge is 2.16. The molecule has 1 fully saturated rings. The number of aryl methyl sites for hydroxylation is 1. The molecule has 126 valence electrons. The zero-order valence-corrected chi connectivity index (χ0v) is 13.9. The average Bonchev–Trinajstić information content (AvgIpc) is 2.59. The van der Waals surface area contributed by atoms with Gasteiger partial charge in [-0.05, 0) is 30.2 Å². The lowest BCUT2D eigenvalue weighted by Gasteiger charge is -2.30. The summed E-state index contributed by atoms with van der Waals surface area (Å²) in [6.07, 6.45) is 0.359. The molecule has 1 saturated heterocycles. The van der Waals surface area contributed by atoms with E-state index in [2.05, 4.69) is 10.2 Å². The van der Waals surface area contributed by atoms with Crippen LogP contribution in [0.4, 0.5) is 17.1 Å². The Balaban J connectivity index is 1.76. The van der Waals surface area contributed by atoms with Crippen LogP contribution < -0.4 is 16.0 Å². The van der Waals surface area contributed by atoms with Crippen LogP contribution in [0.25, 0.3) is 0 Å². The first-order valence-electron chi connectivity index (χ1n) is 8.20. The smallest absolute Gasteiger partial charge is 0.228 e. The second kappa shape index (κ2) is 7.36. The first kappa shape index (κ1) is 16.3. The quantitative estimate of drug-likeness (QED) is 0.848. The van der Waals surface area contributed by atoms with E-state index in [1.807, 2.05) is 49.4 Å². The summed E-state index contributed by atoms with van der Waals surface area (Å²) in [5, 5.41) is 3.01. The fourth-order valence-electron chi connectivity index (χ4n) is 2.91. The molecule has 0 unspecified atom stereocenters. The van der Waals surface area contributed by atoms with Crippen molar-refractivity contribution in [3.8, 4) is 0 Å². The normalized spacial score (nSPS) is 14.5. The van der Waals surface area contributed by atoms with Gasteiger partial charge in [0.15, 0.2) is 0 Å². The highest BCUT2D eigenvalue weighted by atomic mass is 16.5. The van der Waals surface area contributed by atoms with Gasteiger partial charge in [0.1, 0.15) is 0 Å². The van der Waals surface area contributed by atoms with Crippen LogP contribution in [0.5, 0.6) is 0 Å². The molecule has 5 nitrogen and oxygen atoms in total. The lowest BCUT2D eigenvalue weighted by atomic mass is 10.1. The lowest BCUT2D eigenvalue weighted by Crippen LogP contribution is -2.36. The summed E-state index contributed by atoms with van der Waals surface area (Å²) in [6.45, 7) is 4.97. The highest BCUT2D eigenvalue weighted by molar-refractivity contribution is 5.94. The monoisotopic (exact) mass is 325 g/mol. The fourth-order valence-corrected chi connectivity index (χ4v) is 2.91. The third-order valence-electron chi connectivity index (χ3n) is 4.21. The van der Waals surface area contributed by atoms with Crippen molar-refractivity contribution < 1.29 is 9.53 Å². The Bertz CT molecular complexity index is 710. The van der Waals surface area contributed by atoms with E-state index >= 15 is 0 Å². The molecular formula is C19H23N3O2. The first-order chi connectivity index (χ1) is 11.6. The Morgan fingerprint density at radius 2 is 1.92 bits per heavy atom. The van der Waals surface area contributed by atoms with Gasteiger partial charge in [-0.1, -0.05) is 30.3 Å². The number of rotatable bonds is 4. The number of carbonyl (C=O) groups is 1. The molecule has 1 aliphatic rings. The van der Waals surface area contributed by atoms with Gasteiger partial charge in [0.25, 0.3) is 0 Å². The molecule has 5 heteroatoms. The average molecular weight is 325 g/mol. The van der Waals surface area contributed by atoms with Crippen LogP contribution in [0.3, 0.4) is 0 Å². The van der Waals surface area contributed by atoms with Crippen molar-refractivity contribution in [3.05, 3.63) is 53.6 Å². The number of anilines is 3. The number of ether oxygens (including phenoxy) is 1. The number of benzene rings is 2. The minimum absolute atomic E-state index is 0.0259. The number of amides is 1. The maximum absolute atomic E-state index is 12.3. The Kier molecular flexibility index (Phi) is 5.01. The van der Waals surface area contributed by atoms with Gasteiger partial charge in [0, 0.05) is 18.8 Å². The van der Waals surface area contributed by atoms with Crippen molar-refractivity contribution in [2.75, 3.05) is 42.3 Å². The molecule has 2 aromatic carbocycles. The second-order valence-corrected chi connectivity index (χ2v) is 6.04. The minimum atomic E-state index is -0.0259. The van der Waals surface area contributed by atoms with Gasteiger partial charge in [-0.25, -0.2) is 0 Å². The van der Waals surface area contributed by atoms with Crippen molar-refractivity contribution in [3.63, 3.8) is 0 Å². The Morgan fingerprint density at radius 1 is 1.21 bits per heavy atom. The molecule has 1 aliphatic heterocycles. The van der Waals surface area contributed by atoms with Gasteiger partial charge in [-0.2, -0.15) is 0 Å². The third-order valence-corrected chi connectivity index (χ3v) is 4.21. The number of nitrogen functional groups attached to an aromatic ring is 1. The summed E-state index contributed by atoms with van der Waals surface area (Å²) in [7, 11) is 0. The number of hydrogen-bond donors (Lipinski definition) is 2. The summed E-state index contributed by atoms with van der Waals surface area (Å²) in [4.78, 5) is 14.5. The van der Waals surface area contributed by atoms with Crippen LogP contribution in [0, 0.1) is 6.92 Å². The molecule has 3 N–H and O–H groups in total. The fraction of sp³-hybridized carbons (Fsp3) is 0.316. The largest absolute Gasteiger partial charge is 0.397 e. The predicted octanol–water partition coefficient (Wildman–Crippen LogP) is 2.60. The standard InChI is InChI=1S/C19H23N3O2/c1-14-11-16(20)18(22-7-9-24-10-8-22)13-17(14)21-19(23)12-15-5-3-2-4-6-15/h2-6,11,13H,7-10,12,20H2,1H3,(H,21,23). The molecule has 0 saturated carbocycles. The van der Waals surface area contributed by atoms with Crippen molar-refractivity contribution in [1.29, 1.82) is 0 Å². The SMILES string of the molecule is Cc1cc(N)c(N2CCOCC2)cc1NC(=O)Cc1ccccc1. The maximum atomic E-state index is 12.3. The van der Waals surface area contributed by atoms with Gasteiger partial charge in [-0.15, -0.1) is 0 Å². The van der Waals surface area contributed by atoms with Gasteiger partial charge in [-0.3, -0.25) is 4.79 Å². The van der Waals surface area contributed by atoms with E-state index in [0.717, 1.165) is 41.3 Å². The number of nitrogens with one attached hydrogen (secondary N) is 1. The van der Waals surface area contributed by atoms with Crippen molar-refractivity contribution in [2.24, 2.45) is 0 Å². The minimum Gasteiger partial charge on any atom is -0.397 e. The van der Waals surface area contributed by atoms with Gasteiger partial charge in [0.05, 0.1) is 31.0 Å². The summed E-state index contributed by atoms with van der Waals surface area (Å²) in [5.74, 6) is -0.0259. The molecule has 0 aromatic heterocycles. The number of nitrogens with zero attached hydrogens (tertiary/aromatic N) is 1. The summed E-state index contributed by atoms with van der Waals surface area (Å²) < 4.78 is 5.39. The number of hydrogen-bond acceptors (Lipinski definition) is 4. The van der Waals surface area contributed by atoms with Gasteiger partial charge < -0.3 is 20.7 Å². The molecular weight excluding hydrogens is 302 g/mol. The molecule has 2 aromatic rings. The molecule has 0 aliphatic carbocycles. The van der Waals surface area contributed by atoms with Crippen LogP contribution in [0.1, 0.15) is 11.1 Å². The number of nitrogens with two attached hydrogens (primary N) is 1. The van der Waals surface area contributed by atoms with Gasteiger partial charge in [0.2, 0.25) is 5.91 Å². The van der Waals surface area contributed by atoms with E-state index in [9.17, 15) is 4.79 Å². The van der Waals surface area contributed by atoms with E-state index in [-0.39, 0.29) is 5.91 Å². The molecule has 0 radical (unpaired) electrons. The number of carbonyl (C=O) groups excluding carboxylic acids is 1. The predicted molar refractivity (Wildman–Crippen MR) is 97.4 cm³/mol. The first-order valence-corrected chi connectivity index (χ1v) is 8.20. The van der Waals surface area contributed by atoms with E-state index < -0.39 is 0 Å². The van der Waals surface area contributed by atoms with Crippen molar-refractivity contribution in [1.82, 2.24) is 0 Å². The summed E-state index contributed by atoms with van der Waals surface area (Å²) >= 11 is 0. The van der Waals surface area contributed by atoms with Gasteiger partial charge >= 0.3 is 0 Å². The van der Waals surface area contributed by atoms with Crippen LogP contribution in [0.2, 0.25) is 0 Å². The topological polar surface area (TPSA) is 67.6 Å². The summed E-state index contributed by atoms with van der Waals surface area (Å²) in [5.41, 5.74) is 10.6. The van der Waals surface area contributed by atoms with E-state index in [0.29, 0.717) is 19.6 Å². The Morgan fingerprint density at radius 3 is 2.62 bits per heavy atom. The second-order valence-electron chi connectivity index (χ2n) is 6.04. The third kappa shape index (κ3) is 3.86. The molecule has 0 atom stereocenters. The zero-order chi connectivity index (χ0) is 16.9. The van der Waals surface area contributed by atoms with E-state index in [1.54, 1.807) is 0 Å².